The number of nitrogens with one attached hydrogen (secondary N) is 2. The van der Waals surface area contributed by atoms with Gasteiger partial charge in [0.05, 0.1) is 11.5 Å². The summed E-state index contributed by atoms with van der Waals surface area (Å²) in [6.07, 6.45) is 3.23. The number of ether oxygens (including phenoxy) is 1. The number of amides is 2. The van der Waals surface area contributed by atoms with E-state index in [1.807, 2.05) is 13.0 Å². The molecular weight excluding hydrogens is 388 g/mol. The zero-order valence-corrected chi connectivity index (χ0v) is 17.6. The van der Waals surface area contributed by atoms with Gasteiger partial charge in [-0.2, -0.15) is 0 Å². The van der Waals surface area contributed by atoms with Gasteiger partial charge in [-0.15, -0.1) is 11.3 Å². The Kier molecular flexibility index (Phi) is 7.04. The third-order valence-corrected chi connectivity index (χ3v) is 6.17. The molecule has 2 aromatic rings. The van der Waals surface area contributed by atoms with Gasteiger partial charge in [-0.25, -0.2) is 0 Å². The number of Topliss-reactive ketones (excluding diaryl/α,β-unsaturated/α-hetero) is 1. The van der Waals surface area contributed by atoms with Gasteiger partial charge in [0.15, 0.2) is 5.78 Å². The lowest BCUT2D eigenvalue weighted by Gasteiger charge is -2.16. The fourth-order valence-electron chi connectivity index (χ4n) is 3.34. The van der Waals surface area contributed by atoms with Crippen LogP contribution >= 0.6 is 11.3 Å². The molecule has 1 atom stereocenters. The maximum Gasteiger partial charge on any atom is 0.279 e. The highest BCUT2D eigenvalue weighted by Crippen LogP contribution is 2.32. The van der Waals surface area contributed by atoms with E-state index in [2.05, 4.69) is 17.8 Å². The number of hydrogen-bond donors (Lipinski definition) is 2. The molecule has 1 aromatic heterocycles. The molecule has 29 heavy (non-hydrogen) atoms. The second-order valence-electron chi connectivity index (χ2n) is 7.29. The number of carbonyl (C=O) groups excluding carboxylic acids is 3. The molecule has 0 saturated carbocycles. The lowest BCUT2D eigenvalue weighted by atomic mass is 9.90. The molecule has 0 saturated heterocycles. The third-order valence-electron chi connectivity index (χ3n) is 4.93. The van der Waals surface area contributed by atoms with Crippen LogP contribution in [0.5, 0.6) is 5.75 Å². The van der Waals surface area contributed by atoms with E-state index in [4.69, 9.17) is 4.74 Å². The maximum atomic E-state index is 12.3. The molecule has 0 aliphatic heterocycles. The molecule has 1 aliphatic carbocycles. The Balaban J connectivity index is 1.43. The molecule has 154 valence electrons. The Morgan fingerprint density at radius 3 is 2.62 bits per heavy atom. The number of carbonyl (C=O) groups is 3. The predicted octanol–water partition coefficient (Wildman–Crippen LogP) is 3.70. The second kappa shape index (κ2) is 9.69. The van der Waals surface area contributed by atoms with Crippen molar-refractivity contribution in [2.75, 3.05) is 6.61 Å². The molecule has 1 heterocycles. The smallest absolute Gasteiger partial charge is 0.279 e. The molecule has 6 nitrogen and oxygen atoms in total. The van der Waals surface area contributed by atoms with E-state index in [0.29, 0.717) is 28.7 Å². The summed E-state index contributed by atoms with van der Waals surface area (Å²) in [4.78, 5) is 38.4. The number of thiophene rings is 1. The lowest BCUT2D eigenvalue weighted by Crippen LogP contribution is -2.41. The number of ketones is 1. The van der Waals surface area contributed by atoms with E-state index < -0.39 is 5.91 Å². The summed E-state index contributed by atoms with van der Waals surface area (Å²) in [7, 11) is 0. The Labute approximate surface area is 174 Å². The summed E-state index contributed by atoms with van der Waals surface area (Å²) in [6, 6.07) is 8.77. The first-order valence-corrected chi connectivity index (χ1v) is 10.7. The quantitative estimate of drug-likeness (QED) is 0.534. The maximum absolute atomic E-state index is 12.3. The first-order chi connectivity index (χ1) is 14.0. The minimum absolute atomic E-state index is 0.00474. The van der Waals surface area contributed by atoms with Crippen LogP contribution < -0.4 is 15.6 Å². The molecule has 0 fully saturated rings. The summed E-state index contributed by atoms with van der Waals surface area (Å²) >= 11 is 1.49. The van der Waals surface area contributed by atoms with Gasteiger partial charge in [-0.3, -0.25) is 25.2 Å². The van der Waals surface area contributed by atoms with Crippen molar-refractivity contribution in [2.45, 2.75) is 46.0 Å². The van der Waals surface area contributed by atoms with E-state index >= 15 is 0 Å². The van der Waals surface area contributed by atoms with Crippen molar-refractivity contribution in [1.29, 1.82) is 0 Å². The molecule has 2 N–H and O–H groups in total. The van der Waals surface area contributed by atoms with Gasteiger partial charge in [0.2, 0.25) is 5.91 Å². The van der Waals surface area contributed by atoms with Crippen LogP contribution in [-0.2, 0) is 17.6 Å². The third kappa shape index (κ3) is 5.67. The molecule has 0 spiro atoms. The van der Waals surface area contributed by atoms with Crippen molar-refractivity contribution in [3.05, 3.63) is 51.2 Å². The molecule has 1 aromatic carbocycles. The first kappa shape index (κ1) is 21.0. The highest BCUT2D eigenvalue weighted by molar-refractivity contribution is 7.14. The molecule has 3 rings (SSSR count). The van der Waals surface area contributed by atoms with Crippen LogP contribution in [0.15, 0.2) is 30.3 Å². The minimum atomic E-state index is -0.396. The monoisotopic (exact) mass is 414 g/mol. The Morgan fingerprint density at radius 2 is 1.90 bits per heavy atom. The topological polar surface area (TPSA) is 84.5 Å². The van der Waals surface area contributed by atoms with E-state index in [1.165, 1.54) is 21.8 Å². The summed E-state index contributed by atoms with van der Waals surface area (Å²) in [5.41, 5.74) is 6.62. The van der Waals surface area contributed by atoms with Crippen LogP contribution in [-0.4, -0.2) is 24.2 Å². The average Bonchev–Trinajstić information content (AvgIpc) is 3.14. The van der Waals surface area contributed by atoms with E-state index in [1.54, 1.807) is 24.3 Å². The number of rotatable bonds is 7. The van der Waals surface area contributed by atoms with Gasteiger partial charge in [-0.1, -0.05) is 6.92 Å². The van der Waals surface area contributed by atoms with Crippen LogP contribution in [0.4, 0.5) is 0 Å². The summed E-state index contributed by atoms with van der Waals surface area (Å²) in [6.45, 7) is 4.67. The molecule has 2 amide bonds. The van der Waals surface area contributed by atoms with Crippen molar-refractivity contribution in [2.24, 2.45) is 5.92 Å². The highest BCUT2D eigenvalue weighted by atomic mass is 32.1. The van der Waals surface area contributed by atoms with Crippen LogP contribution in [0.2, 0.25) is 0 Å². The van der Waals surface area contributed by atoms with Crippen molar-refractivity contribution in [3.8, 4) is 5.75 Å². The molecule has 0 unspecified atom stereocenters. The molecule has 0 bridgehead atoms. The van der Waals surface area contributed by atoms with E-state index in [9.17, 15) is 14.4 Å². The van der Waals surface area contributed by atoms with E-state index in [0.717, 1.165) is 19.3 Å². The van der Waals surface area contributed by atoms with Gasteiger partial charge >= 0.3 is 0 Å². The van der Waals surface area contributed by atoms with Gasteiger partial charge in [0, 0.05) is 23.3 Å². The fourth-order valence-corrected chi connectivity index (χ4v) is 4.45. The van der Waals surface area contributed by atoms with Crippen molar-refractivity contribution < 1.29 is 19.1 Å². The summed E-state index contributed by atoms with van der Waals surface area (Å²) in [5.74, 6) is 0.500. The van der Waals surface area contributed by atoms with Crippen LogP contribution in [0, 0.1) is 5.92 Å². The van der Waals surface area contributed by atoms with Gasteiger partial charge in [0.1, 0.15) is 5.75 Å². The molecule has 7 heteroatoms. The zero-order valence-electron chi connectivity index (χ0n) is 16.7. The van der Waals surface area contributed by atoms with Gasteiger partial charge < -0.3 is 4.74 Å². The zero-order chi connectivity index (χ0) is 20.8. The van der Waals surface area contributed by atoms with Crippen LogP contribution in [0.3, 0.4) is 0 Å². The number of aryl methyl sites for hydroxylation is 1. The predicted molar refractivity (Wildman–Crippen MR) is 112 cm³/mol. The number of benzene rings is 1. The standard InChI is InChI=1S/C22H26N2O4S/c1-3-28-17-7-5-15(6-8-17)18(25)9-11-21(26)23-24-22(27)20-13-16-12-14(2)4-10-19(16)29-20/h5-8,13-14H,3-4,9-12H2,1-2H3,(H,23,26)(H,24,27)/t14-/m1/s1. The Bertz CT molecular complexity index is 889. The summed E-state index contributed by atoms with van der Waals surface area (Å²) in [5, 5.41) is 0. The Hall–Kier alpha value is -2.67. The number of fused-ring (bicyclic) bond motifs is 1. The van der Waals surface area contributed by atoms with Gasteiger partial charge in [0.25, 0.3) is 5.91 Å². The number of hydrazine groups is 1. The van der Waals surface area contributed by atoms with Crippen molar-refractivity contribution in [1.82, 2.24) is 10.9 Å². The highest BCUT2D eigenvalue weighted by Gasteiger charge is 2.21. The second-order valence-corrected chi connectivity index (χ2v) is 8.43. The SMILES string of the molecule is CCOc1ccc(C(=O)CCC(=O)NNC(=O)c2cc3c(s2)CC[C@@H](C)C3)cc1. The fraction of sp³-hybridized carbons (Fsp3) is 0.409. The van der Waals surface area contributed by atoms with Crippen LogP contribution in [0.25, 0.3) is 0 Å². The molecule has 1 aliphatic rings. The first-order valence-electron chi connectivity index (χ1n) is 9.93. The number of hydrogen-bond acceptors (Lipinski definition) is 5. The summed E-state index contributed by atoms with van der Waals surface area (Å²) < 4.78 is 5.35. The largest absolute Gasteiger partial charge is 0.494 e. The van der Waals surface area contributed by atoms with Crippen LogP contribution in [0.1, 0.15) is 63.6 Å². The van der Waals surface area contributed by atoms with Gasteiger partial charge in [-0.05, 0) is 68.0 Å². The molecular formula is C22H26N2O4S. The average molecular weight is 415 g/mol. The normalized spacial score (nSPS) is 15.3. The van der Waals surface area contributed by atoms with E-state index in [-0.39, 0.29) is 24.5 Å². The van der Waals surface area contributed by atoms with Crippen molar-refractivity contribution >= 4 is 28.9 Å². The van der Waals surface area contributed by atoms with Crippen molar-refractivity contribution in [3.63, 3.8) is 0 Å². The molecule has 0 radical (unpaired) electrons. The minimum Gasteiger partial charge on any atom is -0.494 e. The Morgan fingerprint density at radius 1 is 1.14 bits per heavy atom. The lowest BCUT2D eigenvalue weighted by molar-refractivity contribution is -0.121.